The lowest BCUT2D eigenvalue weighted by molar-refractivity contribution is 0.197. The number of carbonyl (C=O) groups is 1. The lowest BCUT2D eigenvalue weighted by atomic mass is 10.3. The Morgan fingerprint density at radius 3 is 2.73 bits per heavy atom. The van der Waals surface area contributed by atoms with E-state index in [1.807, 2.05) is 14.0 Å². The molecule has 0 aromatic rings. The van der Waals surface area contributed by atoms with Crippen LogP contribution in [-0.2, 0) is 0 Å². The third-order valence-corrected chi connectivity index (χ3v) is 2.12. The monoisotopic (exact) mass is 157 g/mol. The summed E-state index contributed by atoms with van der Waals surface area (Å²) in [6, 6.07) is 0.428. The fraction of sp³-hybridized carbons (Fsp3) is 0.857. The molecule has 1 atom stereocenters. The summed E-state index contributed by atoms with van der Waals surface area (Å²) >= 11 is 0. The highest BCUT2D eigenvalue weighted by Gasteiger charge is 2.30. The molecule has 4 nitrogen and oxygen atoms in total. The summed E-state index contributed by atoms with van der Waals surface area (Å²) in [6.07, 6.45) is 0. The van der Waals surface area contributed by atoms with Crippen LogP contribution in [0.2, 0.25) is 0 Å². The van der Waals surface area contributed by atoms with Crippen LogP contribution in [0.25, 0.3) is 0 Å². The van der Waals surface area contributed by atoms with Crippen LogP contribution >= 0.6 is 0 Å². The van der Waals surface area contributed by atoms with E-state index >= 15 is 0 Å². The highest BCUT2D eigenvalue weighted by molar-refractivity contribution is 5.76. The smallest absolute Gasteiger partial charge is 0.320 e. The van der Waals surface area contributed by atoms with Crippen molar-refractivity contribution in [1.29, 1.82) is 0 Å². The third-order valence-electron chi connectivity index (χ3n) is 2.12. The van der Waals surface area contributed by atoms with E-state index in [0.717, 1.165) is 6.54 Å². The lowest BCUT2D eigenvalue weighted by Crippen LogP contribution is -2.33. The minimum Gasteiger partial charge on any atom is -0.329 e. The normalized spacial score (nSPS) is 25.0. The van der Waals surface area contributed by atoms with E-state index in [-0.39, 0.29) is 6.03 Å². The van der Waals surface area contributed by atoms with Crippen LogP contribution < -0.4 is 5.73 Å². The van der Waals surface area contributed by atoms with E-state index < -0.39 is 0 Å². The summed E-state index contributed by atoms with van der Waals surface area (Å²) in [5.41, 5.74) is 5.35. The Morgan fingerprint density at radius 2 is 2.36 bits per heavy atom. The highest BCUT2D eigenvalue weighted by Crippen LogP contribution is 2.11. The van der Waals surface area contributed by atoms with Crippen molar-refractivity contribution < 1.29 is 4.79 Å². The molecule has 1 fully saturated rings. The average molecular weight is 157 g/mol. The molecule has 1 aliphatic heterocycles. The Morgan fingerprint density at radius 1 is 1.73 bits per heavy atom. The summed E-state index contributed by atoms with van der Waals surface area (Å²) < 4.78 is 0. The topological polar surface area (TPSA) is 49.6 Å². The van der Waals surface area contributed by atoms with Crippen LogP contribution in [-0.4, -0.2) is 48.6 Å². The van der Waals surface area contributed by atoms with E-state index in [4.69, 9.17) is 5.73 Å². The fourth-order valence-electron chi connectivity index (χ4n) is 1.27. The molecule has 0 saturated carbocycles. The van der Waals surface area contributed by atoms with Crippen molar-refractivity contribution in [2.75, 3.05) is 26.7 Å². The molecule has 0 aromatic carbocycles. The van der Waals surface area contributed by atoms with Gasteiger partial charge in [-0.15, -0.1) is 0 Å². The molecule has 64 valence electrons. The second kappa shape index (κ2) is 3.09. The van der Waals surface area contributed by atoms with Gasteiger partial charge in [-0.2, -0.15) is 0 Å². The first-order valence-electron chi connectivity index (χ1n) is 3.88. The summed E-state index contributed by atoms with van der Waals surface area (Å²) in [7, 11) is 1.82. The van der Waals surface area contributed by atoms with Gasteiger partial charge in [0.2, 0.25) is 0 Å². The Bertz CT molecular complexity index is 160. The molecule has 1 aliphatic rings. The molecule has 1 saturated heterocycles. The fourth-order valence-corrected chi connectivity index (χ4v) is 1.27. The number of hydrogen-bond acceptors (Lipinski definition) is 2. The number of carbonyl (C=O) groups excluding carboxylic acids is 1. The first kappa shape index (κ1) is 8.33. The Kier molecular flexibility index (Phi) is 2.34. The number of nitrogens with zero attached hydrogens (tertiary/aromatic N) is 2. The molecule has 2 amide bonds. The van der Waals surface area contributed by atoms with E-state index in [0.29, 0.717) is 19.1 Å². The summed E-state index contributed by atoms with van der Waals surface area (Å²) in [6.45, 7) is 4.07. The van der Waals surface area contributed by atoms with Gasteiger partial charge in [-0.25, -0.2) is 4.79 Å². The van der Waals surface area contributed by atoms with Crippen molar-refractivity contribution in [3.8, 4) is 0 Å². The number of hydrogen-bond donors (Lipinski definition) is 1. The molecule has 2 N–H and O–H groups in total. The van der Waals surface area contributed by atoms with Crippen LogP contribution in [0.3, 0.4) is 0 Å². The summed E-state index contributed by atoms with van der Waals surface area (Å²) in [5, 5.41) is 0. The average Bonchev–Trinajstić information content (AvgIpc) is 2.19. The summed E-state index contributed by atoms with van der Waals surface area (Å²) in [4.78, 5) is 14.8. The van der Waals surface area contributed by atoms with Gasteiger partial charge in [0, 0.05) is 32.7 Å². The van der Waals surface area contributed by atoms with Crippen LogP contribution in [0.15, 0.2) is 0 Å². The third kappa shape index (κ3) is 1.45. The quantitative estimate of drug-likeness (QED) is 0.598. The van der Waals surface area contributed by atoms with Crippen molar-refractivity contribution in [1.82, 2.24) is 9.80 Å². The predicted octanol–water partition coefficient (Wildman–Crippen LogP) is -0.299. The zero-order valence-corrected chi connectivity index (χ0v) is 7.08. The van der Waals surface area contributed by atoms with Crippen molar-refractivity contribution >= 4 is 6.03 Å². The van der Waals surface area contributed by atoms with Crippen LogP contribution in [0.5, 0.6) is 0 Å². The molecular weight excluding hydrogens is 142 g/mol. The van der Waals surface area contributed by atoms with Gasteiger partial charge < -0.3 is 15.5 Å². The molecule has 1 heterocycles. The zero-order valence-electron chi connectivity index (χ0n) is 7.08. The number of amides is 2. The van der Waals surface area contributed by atoms with Gasteiger partial charge in [0.05, 0.1) is 0 Å². The Balaban J connectivity index is 2.52. The van der Waals surface area contributed by atoms with Crippen LogP contribution in [0.1, 0.15) is 6.92 Å². The molecule has 0 aromatic heterocycles. The van der Waals surface area contributed by atoms with Crippen LogP contribution in [0, 0.1) is 0 Å². The van der Waals surface area contributed by atoms with Gasteiger partial charge in [-0.05, 0) is 6.92 Å². The van der Waals surface area contributed by atoms with E-state index in [9.17, 15) is 4.79 Å². The van der Waals surface area contributed by atoms with Gasteiger partial charge in [-0.3, -0.25) is 0 Å². The predicted molar refractivity (Wildman–Crippen MR) is 43.2 cm³/mol. The standard InChI is InChI=1S/C7H15N3O/c1-6-5-10(4-3-8)7(11)9(6)2/h6H,3-5,8H2,1-2H3. The number of rotatable bonds is 2. The van der Waals surface area contributed by atoms with Crippen molar-refractivity contribution in [3.63, 3.8) is 0 Å². The SMILES string of the molecule is CC1CN(CCN)C(=O)N1C. The van der Waals surface area contributed by atoms with Gasteiger partial charge in [0.25, 0.3) is 0 Å². The summed E-state index contributed by atoms with van der Waals surface area (Å²) in [5.74, 6) is 0. The molecule has 4 heteroatoms. The molecule has 11 heavy (non-hydrogen) atoms. The molecule has 0 radical (unpaired) electrons. The molecule has 0 spiro atoms. The Hall–Kier alpha value is -0.770. The van der Waals surface area contributed by atoms with Crippen LogP contribution in [0.4, 0.5) is 4.79 Å². The maximum absolute atomic E-state index is 11.3. The van der Waals surface area contributed by atoms with Crippen molar-refractivity contribution in [3.05, 3.63) is 0 Å². The minimum atomic E-state index is 0.1000. The lowest BCUT2D eigenvalue weighted by Gasteiger charge is -2.14. The number of urea groups is 1. The van der Waals surface area contributed by atoms with E-state index in [2.05, 4.69) is 0 Å². The second-order valence-electron chi connectivity index (χ2n) is 2.98. The first-order chi connectivity index (χ1) is 5.16. The molecule has 0 bridgehead atoms. The Labute approximate surface area is 66.9 Å². The first-order valence-corrected chi connectivity index (χ1v) is 3.88. The van der Waals surface area contributed by atoms with E-state index in [1.54, 1.807) is 9.80 Å². The number of likely N-dealkylation sites (N-methyl/N-ethyl adjacent to an activating group) is 1. The van der Waals surface area contributed by atoms with Gasteiger partial charge in [0.15, 0.2) is 0 Å². The largest absolute Gasteiger partial charge is 0.329 e. The van der Waals surface area contributed by atoms with Gasteiger partial charge >= 0.3 is 6.03 Å². The van der Waals surface area contributed by atoms with Gasteiger partial charge in [0.1, 0.15) is 0 Å². The van der Waals surface area contributed by atoms with E-state index in [1.165, 1.54) is 0 Å². The zero-order chi connectivity index (χ0) is 8.43. The number of nitrogens with two attached hydrogens (primary N) is 1. The minimum absolute atomic E-state index is 0.1000. The van der Waals surface area contributed by atoms with Crippen molar-refractivity contribution in [2.45, 2.75) is 13.0 Å². The van der Waals surface area contributed by atoms with Crippen molar-refractivity contribution in [2.24, 2.45) is 5.73 Å². The molecule has 0 aliphatic carbocycles. The molecule has 1 unspecified atom stereocenters. The molecule has 1 rings (SSSR count). The van der Waals surface area contributed by atoms with Gasteiger partial charge in [-0.1, -0.05) is 0 Å². The molecular formula is C7H15N3O. The second-order valence-corrected chi connectivity index (χ2v) is 2.98. The maximum atomic E-state index is 11.3. The maximum Gasteiger partial charge on any atom is 0.320 e. The highest BCUT2D eigenvalue weighted by atomic mass is 16.2.